The number of aromatic amines is 1. The second-order valence-corrected chi connectivity index (χ2v) is 10.3. The van der Waals surface area contributed by atoms with Crippen molar-refractivity contribution < 1.29 is 18.9 Å². The lowest BCUT2D eigenvalue weighted by Gasteiger charge is -2.37. The van der Waals surface area contributed by atoms with E-state index in [9.17, 15) is 0 Å². The maximum atomic E-state index is 6.66. The number of imidazole rings is 1. The number of rotatable bonds is 11. The van der Waals surface area contributed by atoms with Crippen LogP contribution in [0.25, 0.3) is 16.6 Å². The SMILES string of the molecule is Cc1ccc2nc(C3=CO[C@H](COCc4ccccc4)[C@@H](OCc4ccccc4)[C@@H]3OCc3ccccc3)[nH]c2c1. The lowest BCUT2D eigenvalue weighted by atomic mass is 9.97. The molecular formula is C35H34N2O4. The fourth-order valence-electron chi connectivity index (χ4n) is 5.04. The van der Waals surface area contributed by atoms with Crippen molar-refractivity contribution in [1.29, 1.82) is 0 Å². The van der Waals surface area contributed by atoms with Gasteiger partial charge in [0, 0.05) is 0 Å². The molecule has 5 aromatic rings. The zero-order valence-electron chi connectivity index (χ0n) is 23.1. The quantitative estimate of drug-likeness (QED) is 0.193. The van der Waals surface area contributed by atoms with Gasteiger partial charge >= 0.3 is 0 Å². The Morgan fingerprint density at radius 3 is 2.00 bits per heavy atom. The number of hydrogen-bond acceptors (Lipinski definition) is 5. The summed E-state index contributed by atoms with van der Waals surface area (Å²) in [7, 11) is 0. The minimum atomic E-state index is -0.445. The van der Waals surface area contributed by atoms with Crippen LogP contribution in [0.2, 0.25) is 0 Å². The second-order valence-electron chi connectivity index (χ2n) is 10.3. The first kappa shape index (κ1) is 27.0. The van der Waals surface area contributed by atoms with Crippen molar-refractivity contribution in [2.75, 3.05) is 6.61 Å². The van der Waals surface area contributed by atoms with Crippen LogP contribution >= 0.6 is 0 Å². The third-order valence-corrected chi connectivity index (χ3v) is 7.20. The predicted octanol–water partition coefficient (Wildman–Crippen LogP) is 7.00. The van der Waals surface area contributed by atoms with Crippen LogP contribution in [0.15, 0.2) is 115 Å². The van der Waals surface area contributed by atoms with Crippen LogP contribution in [0.3, 0.4) is 0 Å². The number of benzene rings is 4. The van der Waals surface area contributed by atoms with Crippen LogP contribution in [0.5, 0.6) is 0 Å². The van der Waals surface area contributed by atoms with Gasteiger partial charge in [-0.2, -0.15) is 0 Å². The molecule has 3 atom stereocenters. The van der Waals surface area contributed by atoms with Gasteiger partial charge in [0.1, 0.15) is 24.1 Å². The topological polar surface area (TPSA) is 65.6 Å². The number of nitrogens with zero attached hydrogens (tertiary/aromatic N) is 1. The number of ether oxygens (including phenoxy) is 4. The molecule has 4 aromatic carbocycles. The summed E-state index contributed by atoms with van der Waals surface area (Å²) in [6.45, 7) is 3.75. The van der Waals surface area contributed by atoms with E-state index < -0.39 is 12.2 Å². The molecule has 208 valence electrons. The Labute approximate surface area is 240 Å². The van der Waals surface area contributed by atoms with Gasteiger partial charge in [0.15, 0.2) is 0 Å². The molecule has 1 aliphatic rings. The average molecular weight is 547 g/mol. The second kappa shape index (κ2) is 13.0. The maximum Gasteiger partial charge on any atom is 0.150 e. The van der Waals surface area contributed by atoms with Gasteiger partial charge in [-0.05, 0) is 41.3 Å². The molecule has 0 spiro atoms. The molecule has 0 aliphatic carbocycles. The third kappa shape index (κ3) is 6.74. The number of aryl methyl sites for hydroxylation is 1. The van der Waals surface area contributed by atoms with E-state index in [2.05, 4.69) is 60.4 Å². The average Bonchev–Trinajstić information content (AvgIpc) is 3.44. The maximum absolute atomic E-state index is 6.66. The Hall–Kier alpha value is -4.23. The van der Waals surface area contributed by atoms with Gasteiger partial charge in [-0.25, -0.2) is 4.98 Å². The highest BCUT2D eigenvalue weighted by molar-refractivity contribution is 5.80. The number of hydrogen-bond donors (Lipinski definition) is 1. The van der Waals surface area contributed by atoms with Gasteiger partial charge in [-0.3, -0.25) is 0 Å². The van der Waals surface area contributed by atoms with E-state index in [4.69, 9.17) is 23.9 Å². The molecule has 0 radical (unpaired) electrons. The highest BCUT2D eigenvalue weighted by Crippen LogP contribution is 2.33. The van der Waals surface area contributed by atoms with Crippen molar-refractivity contribution in [2.45, 2.75) is 45.1 Å². The third-order valence-electron chi connectivity index (χ3n) is 7.20. The summed E-state index contributed by atoms with van der Waals surface area (Å²) < 4.78 is 25.8. The fourth-order valence-corrected chi connectivity index (χ4v) is 5.04. The molecule has 41 heavy (non-hydrogen) atoms. The van der Waals surface area contributed by atoms with Crippen molar-refractivity contribution in [2.24, 2.45) is 0 Å². The van der Waals surface area contributed by atoms with Crippen LogP contribution in [0.4, 0.5) is 0 Å². The van der Waals surface area contributed by atoms with Gasteiger partial charge < -0.3 is 23.9 Å². The summed E-state index contributed by atoms with van der Waals surface area (Å²) in [5.74, 6) is 0.709. The fraction of sp³-hybridized carbons (Fsp3) is 0.229. The highest BCUT2D eigenvalue weighted by Gasteiger charge is 2.40. The van der Waals surface area contributed by atoms with Crippen molar-refractivity contribution in [3.63, 3.8) is 0 Å². The number of aromatic nitrogens is 2. The normalized spacial score (nSPS) is 18.7. The summed E-state index contributed by atoms with van der Waals surface area (Å²) in [5.41, 5.74) is 7.10. The molecule has 6 heteroatoms. The van der Waals surface area contributed by atoms with Gasteiger partial charge in [-0.1, -0.05) is 97.1 Å². The Morgan fingerprint density at radius 2 is 1.34 bits per heavy atom. The molecule has 2 heterocycles. The molecule has 6 rings (SSSR count). The zero-order valence-corrected chi connectivity index (χ0v) is 23.1. The van der Waals surface area contributed by atoms with Gasteiger partial charge in [0.05, 0.1) is 49.3 Å². The van der Waals surface area contributed by atoms with E-state index in [0.29, 0.717) is 32.3 Å². The molecule has 0 saturated heterocycles. The first-order valence-corrected chi connectivity index (χ1v) is 14.0. The Bertz CT molecular complexity index is 1570. The largest absolute Gasteiger partial charge is 0.492 e. The van der Waals surface area contributed by atoms with E-state index in [0.717, 1.165) is 38.9 Å². The lowest BCUT2D eigenvalue weighted by Crippen LogP contribution is -2.47. The molecule has 1 N–H and O–H groups in total. The number of nitrogens with one attached hydrogen (secondary N) is 1. The van der Waals surface area contributed by atoms with Crippen LogP contribution in [-0.2, 0) is 38.8 Å². The Morgan fingerprint density at radius 1 is 0.732 bits per heavy atom. The molecule has 1 aromatic heterocycles. The summed E-state index contributed by atoms with van der Waals surface area (Å²) in [6, 6.07) is 36.6. The predicted molar refractivity (Wildman–Crippen MR) is 160 cm³/mol. The molecule has 0 bridgehead atoms. The molecule has 6 nitrogen and oxygen atoms in total. The first-order chi connectivity index (χ1) is 20.2. The Balaban J connectivity index is 1.30. The summed E-state index contributed by atoms with van der Waals surface area (Å²) in [5, 5.41) is 0. The minimum Gasteiger partial charge on any atom is -0.492 e. The zero-order chi connectivity index (χ0) is 27.9. The molecule has 0 fully saturated rings. The summed E-state index contributed by atoms with van der Waals surface area (Å²) in [4.78, 5) is 8.37. The lowest BCUT2D eigenvalue weighted by molar-refractivity contribution is -0.143. The molecule has 0 amide bonds. The van der Waals surface area contributed by atoms with E-state index in [-0.39, 0.29) is 6.10 Å². The molecule has 0 saturated carbocycles. The first-order valence-electron chi connectivity index (χ1n) is 14.0. The van der Waals surface area contributed by atoms with E-state index >= 15 is 0 Å². The molecule has 1 aliphatic heterocycles. The van der Waals surface area contributed by atoms with Crippen molar-refractivity contribution in [1.82, 2.24) is 9.97 Å². The highest BCUT2D eigenvalue weighted by atomic mass is 16.6. The van der Waals surface area contributed by atoms with Crippen LogP contribution in [0, 0.1) is 6.92 Å². The minimum absolute atomic E-state index is 0.350. The summed E-state index contributed by atoms with van der Waals surface area (Å²) >= 11 is 0. The van der Waals surface area contributed by atoms with Gasteiger partial charge in [0.2, 0.25) is 0 Å². The standard InChI is InChI=1S/C35H34N2O4/c1-25-17-18-30-31(19-25)37-35(36-30)29-23-39-32(24-38-20-26-11-5-2-6-12-26)34(41-22-28-15-9-4-10-16-28)33(29)40-21-27-13-7-3-8-14-27/h2-19,23,32-34H,20-22,24H2,1H3,(H,36,37)/t32-,33-,34-/m1/s1. The van der Waals surface area contributed by atoms with Gasteiger partial charge in [0.25, 0.3) is 0 Å². The Kier molecular flexibility index (Phi) is 8.52. The van der Waals surface area contributed by atoms with Crippen LogP contribution in [0.1, 0.15) is 28.1 Å². The van der Waals surface area contributed by atoms with Crippen molar-refractivity contribution in [3.8, 4) is 0 Å². The van der Waals surface area contributed by atoms with Crippen LogP contribution < -0.4 is 0 Å². The summed E-state index contributed by atoms with van der Waals surface area (Å²) in [6.07, 6.45) is 0.502. The number of H-pyrrole nitrogens is 1. The van der Waals surface area contributed by atoms with Crippen molar-refractivity contribution >= 4 is 16.6 Å². The number of fused-ring (bicyclic) bond motifs is 1. The molecular weight excluding hydrogens is 512 g/mol. The van der Waals surface area contributed by atoms with Gasteiger partial charge in [-0.15, -0.1) is 0 Å². The van der Waals surface area contributed by atoms with E-state index in [1.54, 1.807) is 6.26 Å². The smallest absolute Gasteiger partial charge is 0.150 e. The molecule has 0 unspecified atom stereocenters. The van der Waals surface area contributed by atoms with E-state index in [1.165, 1.54) is 0 Å². The van der Waals surface area contributed by atoms with Crippen LogP contribution in [-0.4, -0.2) is 34.9 Å². The monoisotopic (exact) mass is 546 g/mol. The van der Waals surface area contributed by atoms with Crippen molar-refractivity contribution in [3.05, 3.63) is 144 Å². The van der Waals surface area contributed by atoms with E-state index in [1.807, 2.05) is 60.7 Å².